The van der Waals surface area contributed by atoms with Crippen molar-refractivity contribution in [1.29, 1.82) is 0 Å². The number of benzene rings is 4. The zero-order valence-corrected chi connectivity index (χ0v) is 32.1. The number of phenolic OH excluding ortho intramolecular Hbond substituents is 1. The van der Waals surface area contributed by atoms with Crippen molar-refractivity contribution in [2.24, 2.45) is 5.84 Å². The van der Waals surface area contributed by atoms with Crippen molar-refractivity contribution in [3.63, 3.8) is 0 Å². The molecule has 0 aromatic heterocycles. The van der Waals surface area contributed by atoms with Crippen LogP contribution in [-0.2, 0) is 4.94 Å². The van der Waals surface area contributed by atoms with Gasteiger partial charge in [0.1, 0.15) is 46.2 Å². The Bertz CT molecular complexity index is 1800. The van der Waals surface area contributed by atoms with Crippen molar-refractivity contribution in [1.82, 2.24) is 9.80 Å². The molecule has 13 nitrogen and oxygen atoms in total. The van der Waals surface area contributed by atoms with Crippen molar-refractivity contribution < 1.29 is 29.7 Å². The molecule has 55 heavy (non-hydrogen) atoms. The molecule has 1 atom stereocenters. The van der Waals surface area contributed by atoms with Crippen molar-refractivity contribution >= 4 is 46.0 Å². The molecule has 7 rings (SSSR count). The van der Waals surface area contributed by atoms with E-state index in [1.54, 1.807) is 42.5 Å². The maximum absolute atomic E-state index is 10.7. The minimum atomic E-state index is -0.602. The summed E-state index contributed by atoms with van der Waals surface area (Å²) in [5, 5.41) is 22.3. The number of halogens is 2. The van der Waals surface area contributed by atoms with E-state index >= 15 is 0 Å². The molecule has 4 N–H and O–H groups in total. The van der Waals surface area contributed by atoms with Gasteiger partial charge >= 0.3 is 5.03 Å². The first-order chi connectivity index (χ1) is 26.7. The van der Waals surface area contributed by atoms with Gasteiger partial charge in [-0.3, -0.25) is 9.80 Å². The van der Waals surface area contributed by atoms with Crippen molar-refractivity contribution in [3.05, 3.63) is 106 Å². The minimum absolute atomic E-state index is 0.114. The monoisotopic (exact) mass is 792 g/mol. The molecule has 0 radical (unpaired) electrons. The first-order valence-corrected chi connectivity index (χ1v) is 18.8. The van der Waals surface area contributed by atoms with E-state index in [2.05, 4.69) is 44.6 Å². The molecule has 0 saturated carbocycles. The van der Waals surface area contributed by atoms with Gasteiger partial charge < -0.3 is 29.5 Å². The van der Waals surface area contributed by atoms with Crippen LogP contribution in [0.2, 0.25) is 10.0 Å². The van der Waals surface area contributed by atoms with E-state index in [0.717, 1.165) is 92.5 Å². The highest BCUT2D eigenvalue weighted by atomic mass is 35.5. The van der Waals surface area contributed by atoms with Gasteiger partial charge in [-0.2, -0.15) is 0 Å². The number of piperazine rings is 2. The fourth-order valence-corrected chi connectivity index (χ4v) is 6.60. The molecule has 4 aromatic rings. The van der Waals surface area contributed by atoms with Crippen LogP contribution in [0.25, 0.3) is 0 Å². The van der Waals surface area contributed by atoms with E-state index in [4.69, 9.17) is 43.5 Å². The number of nitrogens with zero attached hydrogens (tertiary/aromatic N) is 6. The molecule has 15 heteroatoms. The molecule has 0 amide bonds. The maximum Gasteiger partial charge on any atom is 0.381 e. The van der Waals surface area contributed by atoms with E-state index in [0.29, 0.717) is 24.6 Å². The summed E-state index contributed by atoms with van der Waals surface area (Å²) in [6, 6.07) is 28.0. The maximum atomic E-state index is 10.7. The lowest BCUT2D eigenvalue weighted by Gasteiger charge is -2.36. The first kappa shape index (κ1) is 41.1. The van der Waals surface area contributed by atoms with Crippen LogP contribution in [0.3, 0.4) is 0 Å². The Morgan fingerprint density at radius 3 is 1.78 bits per heavy atom. The molecular weight excluding hydrogens is 745 g/mol. The van der Waals surface area contributed by atoms with Crippen molar-refractivity contribution in [2.45, 2.75) is 12.5 Å². The molecule has 4 aromatic carbocycles. The summed E-state index contributed by atoms with van der Waals surface area (Å²) < 4.78 is 11.4. The Hall–Kier alpha value is -5.10. The van der Waals surface area contributed by atoms with Gasteiger partial charge in [-0.25, -0.2) is 0 Å². The Balaban J connectivity index is 0.000000205. The molecule has 0 spiro atoms. The Kier molecular flexibility index (Phi) is 15.3. The number of terminal acetylenes is 1. The standard InChI is InChI=1S/C19H23ClN5O4.C19H23ClN2O2.C2H2/c20-14-1-3-15(4-2-14)23-9-7-22(8-10-23)12-16(26)13-28-17-5-6-18-19(11-17)24(18)29-25(21)27;20-16-2-4-17(5-3-16)22-13-11-21(12-14-22)10-1-15-24-19-8-6-18(23)7-9-19;1-2/h1-6,11,16,26H,7-10,12-13H2,(H2,21,27);2-9,23H,1,10-15H2;1-2H/q+1;;/t16-,24?;;/m0../s1. The topological polar surface area (TPSA) is 130 Å². The second-order valence-electron chi connectivity index (χ2n) is 13.0. The van der Waals surface area contributed by atoms with Crippen LogP contribution in [0.15, 0.2) is 91.0 Å². The second kappa shape index (κ2) is 20.5. The average molecular weight is 794 g/mol. The lowest BCUT2D eigenvalue weighted by molar-refractivity contribution is -0.812. The van der Waals surface area contributed by atoms with E-state index in [1.165, 1.54) is 10.8 Å². The van der Waals surface area contributed by atoms with E-state index in [9.17, 15) is 15.1 Å². The number of fused-ring (bicyclic) bond motifs is 1. The molecule has 292 valence electrons. The van der Waals surface area contributed by atoms with Crippen molar-refractivity contribution in [3.8, 4) is 30.1 Å². The zero-order valence-electron chi connectivity index (χ0n) is 30.6. The summed E-state index contributed by atoms with van der Waals surface area (Å²) in [7, 11) is 0. The molecule has 0 unspecified atom stereocenters. The summed E-state index contributed by atoms with van der Waals surface area (Å²) in [4.78, 5) is 24.9. The molecule has 0 bridgehead atoms. The minimum Gasteiger partial charge on any atom is -0.508 e. The number of anilines is 4. The molecule has 2 fully saturated rings. The molecule has 3 aliphatic heterocycles. The van der Waals surface area contributed by atoms with E-state index in [-0.39, 0.29) is 17.4 Å². The molecule has 3 heterocycles. The third-order valence-corrected chi connectivity index (χ3v) is 9.76. The summed E-state index contributed by atoms with van der Waals surface area (Å²) in [6.45, 7) is 10.2. The number of hydrogen-bond donors (Lipinski definition) is 3. The van der Waals surface area contributed by atoms with E-state index in [1.807, 2.05) is 36.4 Å². The number of aromatic hydroxyl groups is 1. The third-order valence-electron chi connectivity index (χ3n) is 9.26. The quantitative estimate of drug-likeness (QED) is 0.0474. The van der Waals surface area contributed by atoms with Crippen LogP contribution in [-0.4, -0.2) is 110 Å². The number of rotatable bonds is 14. The number of phenols is 1. The van der Waals surface area contributed by atoms with Gasteiger partial charge in [-0.05, 0) is 91.3 Å². The number of nitrogens with two attached hydrogens (primary N) is 1. The van der Waals surface area contributed by atoms with Gasteiger partial charge in [0.05, 0.1) is 6.61 Å². The highest BCUT2D eigenvalue weighted by Crippen LogP contribution is 2.49. The summed E-state index contributed by atoms with van der Waals surface area (Å²) in [5.74, 6) is 6.59. The van der Waals surface area contributed by atoms with Crippen LogP contribution in [0.1, 0.15) is 6.42 Å². The highest BCUT2D eigenvalue weighted by Gasteiger charge is 2.37. The SMILES string of the molecule is C#C.N[N+](=O)ON1c2ccc(OC[C@@H](O)CN3CCN(c4ccc(Cl)cc4)CC3)cc21.Oc1ccc(OCCCN2CCN(c3ccc(Cl)cc3)CC2)cc1. The van der Waals surface area contributed by atoms with Gasteiger partial charge in [0, 0.05) is 92.9 Å². The van der Waals surface area contributed by atoms with Crippen LogP contribution >= 0.6 is 23.2 Å². The average Bonchev–Trinajstić information content (AvgIpc) is 3.89. The number of β-amino-alcohol motifs (C(OH)–C–C–N with tert-alkyl or cyclic N) is 1. The fraction of sp³-hybridized carbons (Fsp3) is 0.350. The number of hydrogen-bond acceptors (Lipinski definition) is 11. The number of aliphatic hydroxyl groups is 1. The van der Waals surface area contributed by atoms with Crippen LogP contribution in [0, 0.1) is 17.8 Å². The van der Waals surface area contributed by atoms with Crippen LogP contribution in [0.5, 0.6) is 17.2 Å². The molecular formula is C40H48Cl2N7O6+. The third kappa shape index (κ3) is 12.7. The smallest absolute Gasteiger partial charge is 0.381 e. The summed E-state index contributed by atoms with van der Waals surface area (Å²) >= 11 is 11.9. The van der Waals surface area contributed by atoms with Crippen LogP contribution < -0.4 is 30.2 Å². The van der Waals surface area contributed by atoms with Gasteiger partial charge in [0.15, 0.2) is 0 Å². The number of ether oxygens (including phenoxy) is 2. The molecule has 0 aliphatic carbocycles. The highest BCUT2D eigenvalue weighted by molar-refractivity contribution is 6.30. The van der Waals surface area contributed by atoms with E-state index < -0.39 is 6.10 Å². The Morgan fingerprint density at radius 1 is 0.709 bits per heavy atom. The predicted molar refractivity (Wildman–Crippen MR) is 217 cm³/mol. The largest absolute Gasteiger partial charge is 0.508 e. The summed E-state index contributed by atoms with van der Waals surface area (Å²) in [5.41, 5.74) is 3.87. The van der Waals surface area contributed by atoms with Gasteiger partial charge in [0.2, 0.25) is 0 Å². The lowest BCUT2D eigenvalue weighted by atomic mass is 10.2. The zero-order chi connectivity index (χ0) is 39.2. The molecule has 3 aliphatic rings. The normalized spacial score (nSPS) is 15.7. The lowest BCUT2D eigenvalue weighted by Crippen LogP contribution is -2.49. The Labute approximate surface area is 332 Å². The predicted octanol–water partition coefficient (Wildman–Crippen LogP) is 5.74. The van der Waals surface area contributed by atoms with Crippen molar-refractivity contribution in [2.75, 3.05) is 93.5 Å². The number of aliphatic hydroxyl groups excluding tert-OH is 1. The van der Waals surface area contributed by atoms with Crippen LogP contribution in [0.4, 0.5) is 22.7 Å². The number of hydrazine groups is 1. The van der Waals surface area contributed by atoms with Gasteiger partial charge in [0.25, 0.3) is 0 Å². The van der Waals surface area contributed by atoms with Gasteiger partial charge in [-0.1, -0.05) is 28.1 Å². The van der Waals surface area contributed by atoms with Gasteiger partial charge in [-0.15, -0.1) is 23.8 Å². The Morgan fingerprint density at radius 2 is 1.24 bits per heavy atom. The first-order valence-electron chi connectivity index (χ1n) is 18.1. The molecule has 2 saturated heterocycles. The fourth-order valence-electron chi connectivity index (χ4n) is 6.35. The summed E-state index contributed by atoms with van der Waals surface area (Å²) in [6.07, 6.45) is 8.40. The second-order valence-corrected chi connectivity index (χ2v) is 13.9.